The van der Waals surface area contributed by atoms with E-state index in [2.05, 4.69) is 5.73 Å². The van der Waals surface area contributed by atoms with Gasteiger partial charge in [-0.3, -0.25) is 4.79 Å². The monoisotopic (exact) mass is 265 g/mol. The molecule has 19 heavy (non-hydrogen) atoms. The van der Waals surface area contributed by atoms with Crippen LogP contribution in [-0.4, -0.2) is 5.91 Å². The van der Waals surface area contributed by atoms with E-state index < -0.39 is 23.2 Å². The van der Waals surface area contributed by atoms with Crippen molar-refractivity contribution in [1.82, 2.24) is 0 Å². The molecule has 2 aromatic carbocycles. The van der Waals surface area contributed by atoms with E-state index in [1.807, 2.05) is 0 Å². The van der Waals surface area contributed by atoms with Crippen molar-refractivity contribution >= 4 is 5.91 Å². The molecule has 0 saturated carbocycles. The third kappa shape index (κ3) is 2.45. The van der Waals surface area contributed by atoms with E-state index in [-0.39, 0.29) is 5.56 Å². The molecule has 0 fully saturated rings. The summed E-state index contributed by atoms with van der Waals surface area (Å²) in [6, 6.07) is 11.3. The number of nitrogens with two attached hydrogens (primary N) is 1. The molecular formula is C14H10F3NO. The van der Waals surface area contributed by atoms with Gasteiger partial charge in [-0.25, -0.2) is 4.39 Å². The van der Waals surface area contributed by atoms with Gasteiger partial charge in [-0.1, -0.05) is 42.5 Å². The van der Waals surface area contributed by atoms with Gasteiger partial charge in [0.2, 0.25) is 0 Å². The zero-order valence-electron chi connectivity index (χ0n) is 9.74. The van der Waals surface area contributed by atoms with Crippen molar-refractivity contribution in [2.45, 2.75) is 5.92 Å². The molecule has 0 aliphatic carbocycles. The standard InChI is InChI=1S/C14H10F3NO/c15-12-8-10(14(16,17)13(18)19)6-7-11(12)9-4-2-1-3-5-9/h1-8H,(H2,18,19). The molecule has 0 unspecified atom stereocenters. The lowest BCUT2D eigenvalue weighted by Crippen LogP contribution is -2.33. The molecule has 2 aromatic rings. The SMILES string of the molecule is NC(=O)C(F)(F)c1ccc(-c2ccccc2)c(F)c1. The summed E-state index contributed by atoms with van der Waals surface area (Å²) in [7, 11) is 0. The van der Waals surface area contributed by atoms with Crippen molar-refractivity contribution < 1.29 is 18.0 Å². The van der Waals surface area contributed by atoms with E-state index in [0.29, 0.717) is 11.6 Å². The first-order valence-corrected chi connectivity index (χ1v) is 5.46. The minimum atomic E-state index is -3.88. The first-order valence-electron chi connectivity index (χ1n) is 5.46. The number of primary amides is 1. The van der Waals surface area contributed by atoms with Crippen molar-refractivity contribution in [2.75, 3.05) is 0 Å². The van der Waals surface area contributed by atoms with E-state index in [0.717, 1.165) is 6.07 Å². The Labute approximate surface area is 107 Å². The van der Waals surface area contributed by atoms with E-state index in [4.69, 9.17) is 0 Å². The van der Waals surface area contributed by atoms with Crippen LogP contribution in [0.5, 0.6) is 0 Å². The molecule has 5 heteroatoms. The Morgan fingerprint density at radius 1 is 1.05 bits per heavy atom. The molecule has 0 bridgehead atoms. The molecular weight excluding hydrogens is 255 g/mol. The Morgan fingerprint density at radius 2 is 1.68 bits per heavy atom. The van der Waals surface area contributed by atoms with Gasteiger partial charge in [-0.2, -0.15) is 8.78 Å². The highest BCUT2D eigenvalue weighted by atomic mass is 19.3. The predicted molar refractivity (Wildman–Crippen MR) is 64.9 cm³/mol. The van der Waals surface area contributed by atoms with Crippen LogP contribution in [0.15, 0.2) is 48.5 Å². The number of rotatable bonds is 3. The molecule has 2 rings (SSSR count). The number of benzene rings is 2. The topological polar surface area (TPSA) is 43.1 Å². The van der Waals surface area contributed by atoms with Crippen molar-refractivity contribution in [2.24, 2.45) is 5.73 Å². The van der Waals surface area contributed by atoms with Gasteiger partial charge in [0.15, 0.2) is 0 Å². The first kappa shape index (κ1) is 13.1. The van der Waals surface area contributed by atoms with E-state index in [1.54, 1.807) is 30.3 Å². The number of halogens is 3. The summed E-state index contributed by atoms with van der Waals surface area (Å²) in [5.74, 6) is -6.51. The summed E-state index contributed by atoms with van der Waals surface area (Å²) in [5, 5.41) is 0. The highest BCUT2D eigenvalue weighted by molar-refractivity contribution is 5.83. The zero-order valence-corrected chi connectivity index (χ0v) is 9.74. The van der Waals surface area contributed by atoms with Crippen molar-refractivity contribution in [3.05, 3.63) is 59.9 Å². The molecule has 0 aliphatic rings. The minimum Gasteiger partial charge on any atom is -0.364 e. The molecule has 0 aliphatic heterocycles. The summed E-state index contributed by atoms with van der Waals surface area (Å²) >= 11 is 0. The minimum absolute atomic E-state index is 0.185. The van der Waals surface area contributed by atoms with Crippen LogP contribution in [0.2, 0.25) is 0 Å². The van der Waals surface area contributed by atoms with Crippen molar-refractivity contribution in [3.63, 3.8) is 0 Å². The van der Waals surface area contributed by atoms with Crippen LogP contribution in [-0.2, 0) is 10.7 Å². The largest absolute Gasteiger partial charge is 0.364 e. The lowest BCUT2D eigenvalue weighted by Gasteiger charge is -2.13. The second kappa shape index (κ2) is 4.76. The number of hydrogen-bond donors (Lipinski definition) is 1. The van der Waals surface area contributed by atoms with Crippen LogP contribution in [0, 0.1) is 5.82 Å². The normalized spacial score (nSPS) is 11.3. The average Bonchev–Trinajstić information content (AvgIpc) is 2.39. The molecule has 2 N–H and O–H groups in total. The number of hydrogen-bond acceptors (Lipinski definition) is 1. The Bertz CT molecular complexity index is 611. The van der Waals surface area contributed by atoms with Crippen LogP contribution < -0.4 is 5.73 Å². The predicted octanol–water partition coefficient (Wildman–Crippen LogP) is 3.07. The molecule has 1 amide bonds. The molecule has 0 radical (unpaired) electrons. The van der Waals surface area contributed by atoms with Gasteiger partial charge in [0, 0.05) is 11.1 Å². The molecule has 98 valence electrons. The number of amides is 1. The fourth-order valence-electron chi connectivity index (χ4n) is 1.70. The molecule has 0 heterocycles. The Balaban J connectivity index is 2.47. The summed E-state index contributed by atoms with van der Waals surface area (Å²) in [6.45, 7) is 0. The van der Waals surface area contributed by atoms with Crippen LogP contribution in [0.3, 0.4) is 0 Å². The van der Waals surface area contributed by atoms with Crippen LogP contribution >= 0.6 is 0 Å². The van der Waals surface area contributed by atoms with E-state index in [1.165, 1.54) is 6.07 Å². The Kier molecular flexibility index (Phi) is 3.29. The van der Waals surface area contributed by atoms with Crippen LogP contribution in [0.4, 0.5) is 13.2 Å². The second-order valence-corrected chi connectivity index (χ2v) is 4.00. The fraction of sp³-hybridized carbons (Fsp3) is 0.0714. The van der Waals surface area contributed by atoms with Crippen LogP contribution in [0.25, 0.3) is 11.1 Å². The quantitative estimate of drug-likeness (QED) is 0.910. The average molecular weight is 265 g/mol. The molecule has 0 atom stereocenters. The molecule has 0 spiro atoms. The lowest BCUT2D eigenvalue weighted by molar-refractivity contribution is -0.143. The summed E-state index contributed by atoms with van der Waals surface area (Å²) in [5.41, 5.74) is 4.59. The van der Waals surface area contributed by atoms with Gasteiger partial charge in [0.1, 0.15) is 5.82 Å². The fourth-order valence-corrected chi connectivity index (χ4v) is 1.70. The number of carbonyl (C=O) groups is 1. The van der Waals surface area contributed by atoms with Gasteiger partial charge in [0.05, 0.1) is 0 Å². The van der Waals surface area contributed by atoms with Gasteiger partial charge in [0.25, 0.3) is 5.91 Å². The Morgan fingerprint density at radius 3 is 2.21 bits per heavy atom. The number of carbonyl (C=O) groups excluding carboxylic acids is 1. The highest BCUT2D eigenvalue weighted by Crippen LogP contribution is 2.31. The molecule has 0 aromatic heterocycles. The van der Waals surface area contributed by atoms with E-state index >= 15 is 0 Å². The number of alkyl halides is 2. The summed E-state index contributed by atoms with van der Waals surface area (Å²) in [6.07, 6.45) is 0. The maximum Gasteiger partial charge on any atom is 0.349 e. The zero-order chi connectivity index (χ0) is 14.0. The van der Waals surface area contributed by atoms with Gasteiger partial charge < -0.3 is 5.73 Å². The first-order chi connectivity index (χ1) is 8.93. The van der Waals surface area contributed by atoms with Gasteiger partial charge in [-0.05, 0) is 11.6 Å². The van der Waals surface area contributed by atoms with Gasteiger partial charge >= 0.3 is 5.92 Å². The molecule has 2 nitrogen and oxygen atoms in total. The van der Waals surface area contributed by atoms with E-state index in [9.17, 15) is 18.0 Å². The molecule has 0 saturated heterocycles. The Hall–Kier alpha value is -2.30. The summed E-state index contributed by atoms with van der Waals surface area (Å²) < 4.78 is 40.5. The maximum absolute atomic E-state index is 13.8. The van der Waals surface area contributed by atoms with Crippen LogP contribution in [0.1, 0.15) is 5.56 Å². The van der Waals surface area contributed by atoms with Crippen molar-refractivity contribution in [1.29, 1.82) is 0 Å². The van der Waals surface area contributed by atoms with Crippen molar-refractivity contribution in [3.8, 4) is 11.1 Å². The maximum atomic E-state index is 13.8. The highest BCUT2D eigenvalue weighted by Gasteiger charge is 2.39. The third-order valence-corrected chi connectivity index (χ3v) is 2.73. The van der Waals surface area contributed by atoms with Gasteiger partial charge in [-0.15, -0.1) is 0 Å². The smallest absolute Gasteiger partial charge is 0.349 e. The lowest BCUT2D eigenvalue weighted by atomic mass is 10.0. The summed E-state index contributed by atoms with van der Waals surface area (Å²) in [4.78, 5) is 10.6. The third-order valence-electron chi connectivity index (χ3n) is 2.73. The second-order valence-electron chi connectivity index (χ2n) is 4.00.